The van der Waals surface area contributed by atoms with Crippen LogP contribution in [0.3, 0.4) is 0 Å². The number of carbonyl (C=O) groups is 1. The highest BCUT2D eigenvalue weighted by Gasteiger charge is 2.26. The summed E-state index contributed by atoms with van der Waals surface area (Å²) < 4.78 is 29.8. The SMILES string of the molecule is C=CC[C@H](C[C@H](C[C@@H](CCCCCCCCCCCCCCC)OCc1ccccc1)OCc1ccc(OC)cc1)OC(=O)OC(C)(C)C. The Morgan fingerprint density at radius 2 is 1.20 bits per heavy atom. The summed E-state index contributed by atoms with van der Waals surface area (Å²) in [7, 11) is 1.67. The number of unbranched alkanes of at least 4 members (excludes halogenated alkanes) is 12. The molecule has 0 aliphatic heterocycles. The summed E-state index contributed by atoms with van der Waals surface area (Å²) in [5, 5.41) is 0. The molecule has 0 saturated heterocycles. The highest BCUT2D eigenvalue weighted by atomic mass is 16.7. The van der Waals surface area contributed by atoms with Crippen LogP contribution in [0.15, 0.2) is 67.3 Å². The van der Waals surface area contributed by atoms with Gasteiger partial charge in [-0.2, -0.15) is 0 Å². The largest absolute Gasteiger partial charge is 0.509 e. The predicted molar refractivity (Wildman–Crippen MR) is 202 cm³/mol. The van der Waals surface area contributed by atoms with Gasteiger partial charge >= 0.3 is 6.16 Å². The lowest BCUT2D eigenvalue weighted by Crippen LogP contribution is -2.32. The average Bonchev–Trinajstić information content (AvgIpc) is 3.07. The van der Waals surface area contributed by atoms with Crippen LogP contribution >= 0.6 is 0 Å². The lowest BCUT2D eigenvalue weighted by Gasteiger charge is -2.28. The van der Waals surface area contributed by atoms with E-state index in [2.05, 4.69) is 37.8 Å². The second kappa shape index (κ2) is 26.0. The fraction of sp³-hybridized carbons (Fsp3) is 0.651. The Balaban J connectivity index is 2.00. The number of hydrogen-bond acceptors (Lipinski definition) is 6. The van der Waals surface area contributed by atoms with Crippen molar-refractivity contribution in [3.63, 3.8) is 0 Å². The summed E-state index contributed by atoms with van der Waals surface area (Å²) in [4.78, 5) is 12.6. The smallest absolute Gasteiger partial charge is 0.497 e. The number of ether oxygens (including phenoxy) is 5. The lowest BCUT2D eigenvalue weighted by atomic mass is 9.98. The maximum absolute atomic E-state index is 12.6. The number of rotatable bonds is 28. The van der Waals surface area contributed by atoms with Crippen molar-refractivity contribution in [2.75, 3.05) is 7.11 Å². The molecule has 0 amide bonds. The molecular formula is C43H68O6. The van der Waals surface area contributed by atoms with Crippen molar-refractivity contribution in [3.05, 3.63) is 78.4 Å². The highest BCUT2D eigenvalue weighted by Crippen LogP contribution is 2.24. The fourth-order valence-electron chi connectivity index (χ4n) is 5.99. The lowest BCUT2D eigenvalue weighted by molar-refractivity contribution is -0.0646. The average molecular weight is 681 g/mol. The maximum Gasteiger partial charge on any atom is 0.509 e. The molecule has 0 fully saturated rings. The van der Waals surface area contributed by atoms with Gasteiger partial charge in [0.05, 0.1) is 32.5 Å². The van der Waals surface area contributed by atoms with Crippen LogP contribution in [0.1, 0.15) is 148 Å². The molecule has 0 bridgehead atoms. The highest BCUT2D eigenvalue weighted by molar-refractivity contribution is 5.60. The molecule has 0 spiro atoms. The third kappa shape index (κ3) is 21.8. The molecule has 0 heterocycles. The summed E-state index contributed by atoms with van der Waals surface area (Å²) in [6.07, 6.45) is 20.5. The van der Waals surface area contributed by atoms with Gasteiger partial charge in [-0.15, -0.1) is 6.58 Å². The van der Waals surface area contributed by atoms with E-state index >= 15 is 0 Å². The van der Waals surface area contributed by atoms with E-state index in [-0.39, 0.29) is 12.2 Å². The first-order chi connectivity index (χ1) is 23.7. The van der Waals surface area contributed by atoms with Gasteiger partial charge < -0.3 is 23.7 Å². The van der Waals surface area contributed by atoms with Crippen molar-refractivity contribution < 1.29 is 28.5 Å². The van der Waals surface area contributed by atoms with Crippen LogP contribution in [0.2, 0.25) is 0 Å². The molecule has 6 heteroatoms. The molecule has 0 N–H and O–H groups in total. The monoisotopic (exact) mass is 681 g/mol. The van der Waals surface area contributed by atoms with Crippen LogP contribution in [-0.4, -0.2) is 37.2 Å². The second-order valence-corrected chi connectivity index (χ2v) is 14.4. The molecule has 2 aromatic carbocycles. The molecule has 0 radical (unpaired) electrons. The van der Waals surface area contributed by atoms with E-state index in [4.69, 9.17) is 23.7 Å². The van der Waals surface area contributed by atoms with E-state index in [1.54, 1.807) is 13.2 Å². The Hall–Kier alpha value is -2.83. The van der Waals surface area contributed by atoms with Gasteiger partial charge in [0.25, 0.3) is 0 Å². The minimum Gasteiger partial charge on any atom is -0.497 e. The number of methoxy groups -OCH3 is 1. The van der Waals surface area contributed by atoms with E-state index < -0.39 is 17.9 Å². The minimum absolute atomic E-state index is 0.0136. The first-order valence-electron chi connectivity index (χ1n) is 19.1. The van der Waals surface area contributed by atoms with Gasteiger partial charge in [-0.3, -0.25) is 0 Å². The van der Waals surface area contributed by atoms with Crippen LogP contribution in [0.4, 0.5) is 4.79 Å². The predicted octanol–water partition coefficient (Wildman–Crippen LogP) is 12.3. The Kier molecular flexibility index (Phi) is 22.5. The Morgan fingerprint density at radius 3 is 1.73 bits per heavy atom. The van der Waals surface area contributed by atoms with E-state index in [1.165, 1.54) is 77.0 Å². The second-order valence-electron chi connectivity index (χ2n) is 14.4. The van der Waals surface area contributed by atoms with Gasteiger partial charge in [-0.1, -0.05) is 139 Å². The van der Waals surface area contributed by atoms with Crippen molar-refractivity contribution in [2.24, 2.45) is 0 Å². The molecule has 0 aliphatic rings. The molecule has 0 saturated carbocycles. The summed E-state index contributed by atoms with van der Waals surface area (Å²) in [5.41, 5.74) is 1.58. The zero-order chi connectivity index (χ0) is 35.6. The van der Waals surface area contributed by atoms with Crippen LogP contribution in [0.5, 0.6) is 5.75 Å². The fourth-order valence-corrected chi connectivity index (χ4v) is 5.99. The van der Waals surface area contributed by atoms with Gasteiger partial charge in [-0.05, 0) is 56.9 Å². The summed E-state index contributed by atoms with van der Waals surface area (Å²) in [6.45, 7) is 12.7. The van der Waals surface area contributed by atoms with Crippen molar-refractivity contribution >= 4 is 6.16 Å². The topological polar surface area (TPSA) is 63.2 Å². The van der Waals surface area contributed by atoms with Gasteiger partial charge in [-0.25, -0.2) is 4.79 Å². The third-order valence-corrected chi connectivity index (χ3v) is 8.74. The number of carbonyl (C=O) groups excluding carboxylic acids is 1. The first kappa shape index (κ1) is 42.3. The zero-order valence-electron chi connectivity index (χ0n) is 31.6. The van der Waals surface area contributed by atoms with Crippen molar-refractivity contribution in [1.29, 1.82) is 0 Å². The van der Waals surface area contributed by atoms with Crippen LogP contribution in [-0.2, 0) is 32.2 Å². The minimum atomic E-state index is -0.669. The quantitative estimate of drug-likeness (QED) is 0.0506. The van der Waals surface area contributed by atoms with Crippen molar-refractivity contribution in [1.82, 2.24) is 0 Å². The van der Waals surface area contributed by atoms with Gasteiger partial charge in [0.15, 0.2) is 0 Å². The molecule has 2 rings (SSSR count). The standard InChI is InChI=1S/C43H68O6/c1-7-9-10-11-12-13-14-15-16-17-18-19-23-27-39(46-34-36-25-21-20-22-26-36)32-41(47-35-37-28-30-38(45-6)31-29-37)33-40(24-8-2)48-42(44)49-43(3,4)5/h8,20-22,25-26,28-31,39-41H,2,7,9-19,23-24,27,32-35H2,1,3-6H3/t39-,40-,41+/m1/s1. The molecule has 49 heavy (non-hydrogen) atoms. The number of benzene rings is 2. The Labute approximate surface area is 299 Å². The van der Waals surface area contributed by atoms with E-state index in [0.717, 1.165) is 29.7 Å². The van der Waals surface area contributed by atoms with Gasteiger partial charge in [0.1, 0.15) is 17.5 Å². The third-order valence-electron chi connectivity index (χ3n) is 8.74. The van der Waals surface area contributed by atoms with E-state index in [1.807, 2.05) is 51.1 Å². The summed E-state index contributed by atoms with van der Waals surface area (Å²) >= 11 is 0. The Bertz CT molecular complexity index is 1090. The number of hydrogen-bond donors (Lipinski definition) is 0. The molecule has 2 aromatic rings. The van der Waals surface area contributed by atoms with E-state index in [9.17, 15) is 4.79 Å². The van der Waals surface area contributed by atoms with Crippen molar-refractivity contribution in [3.8, 4) is 5.75 Å². The van der Waals surface area contributed by atoms with Gasteiger partial charge in [0, 0.05) is 12.8 Å². The molecule has 276 valence electrons. The molecule has 0 aliphatic carbocycles. The molecule has 0 aromatic heterocycles. The molecule has 3 atom stereocenters. The molecule has 0 unspecified atom stereocenters. The maximum atomic E-state index is 12.6. The summed E-state index contributed by atoms with van der Waals surface area (Å²) in [6, 6.07) is 18.3. The van der Waals surface area contributed by atoms with Gasteiger partial charge in [0.2, 0.25) is 0 Å². The molecule has 6 nitrogen and oxygen atoms in total. The first-order valence-corrected chi connectivity index (χ1v) is 19.1. The zero-order valence-corrected chi connectivity index (χ0v) is 31.6. The van der Waals surface area contributed by atoms with Crippen LogP contribution in [0.25, 0.3) is 0 Å². The van der Waals surface area contributed by atoms with Crippen molar-refractivity contribution in [2.45, 2.75) is 174 Å². The van der Waals surface area contributed by atoms with Crippen LogP contribution < -0.4 is 4.74 Å². The summed E-state index contributed by atoms with van der Waals surface area (Å²) in [5.74, 6) is 0.810. The Morgan fingerprint density at radius 1 is 0.694 bits per heavy atom. The van der Waals surface area contributed by atoms with E-state index in [0.29, 0.717) is 32.5 Å². The normalized spacial score (nSPS) is 13.4. The van der Waals surface area contributed by atoms with Crippen LogP contribution in [0, 0.1) is 0 Å². The molecular weight excluding hydrogens is 612 g/mol.